The number of nitro groups is 2. The van der Waals surface area contributed by atoms with E-state index in [4.69, 9.17) is 4.74 Å². The zero-order chi connectivity index (χ0) is 24.7. The average Bonchev–Trinajstić information content (AvgIpc) is 2.84. The Kier molecular flexibility index (Phi) is 7.49. The van der Waals surface area contributed by atoms with Crippen molar-refractivity contribution >= 4 is 23.2 Å². The molecule has 0 bridgehead atoms. The van der Waals surface area contributed by atoms with E-state index in [-0.39, 0.29) is 22.5 Å². The van der Waals surface area contributed by atoms with Gasteiger partial charge in [-0.2, -0.15) is 0 Å². The first-order valence-electron chi connectivity index (χ1n) is 10.1. The molecule has 3 rings (SSSR count). The van der Waals surface area contributed by atoms with Crippen LogP contribution in [0.15, 0.2) is 72.8 Å². The lowest BCUT2D eigenvalue weighted by atomic mass is 10.1. The molecule has 0 aliphatic carbocycles. The lowest BCUT2D eigenvalue weighted by molar-refractivity contribution is -0.385. The number of nitrogens with one attached hydrogen (secondary N) is 2. The van der Waals surface area contributed by atoms with Gasteiger partial charge in [0.2, 0.25) is 0 Å². The minimum atomic E-state index is -0.995. The topological polar surface area (TPSA) is 154 Å². The van der Waals surface area contributed by atoms with Gasteiger partial charge in [0.05, 0.1) is 16.5 Å². The summed E-state index contributed by atoms with van der Waals surface area (Å²) in [4.78, 5) is 46.2. The molecule has 0 aromatic heterocycles. The highest BCUT2D eigenvalue weighted by Crippen LogP contribution is 2.20. The predicted octanol–water partition coefficient (Wildman–Crippen LogP) is 3.76. The van der Waals surface area contributed by atoms with E-state index in [0.717, 1.165) is 0 Å². The molecule has 2 amide bonds. The van der Waals surface area contributed by atoms with Gasteiger partial charge < -0.3 is 15.4 Å². The van der Waals surface area contributed by atoms with Crippen molar-refractivity contribution in [3.63, 3.8) is 0 Å². The average molecular weight is 464 g/mol. The van der Waals surface area contributed by atoms with Crippen LogP contribution < -0.4 is 15.4 Å². The largest absolute Gasteiger partial charge is 0.494 e. The van der Waals surface area contributed by atoms with Gasteiger partial charge >= 0.3 is 0 Å². The summed E-state index contributed by atoms with van der Waals surface area (Å²) in [5, 5.41) is 27.1. The first kappa shape index (κ1) is 23.9. The van der Waals surface area contributed by atoms with E-state index >= 15 is 0 Å². The number of carbonyl (C=O) groups is 2. The number of nitro benzene ring substituents is 2. The smallest absolute Gasteiger partial charge is 0.269 e. The summed E-state index contributed by atoms with van der Waals surface area (Å²) in [6.45, 7) is 2.23. The molecule has 0 heterocycles. The summed E-state index contributed by atoms with van der Waals surface area (Å²) in [7, 11) is 0. The van der Waals surface area contributed by atoms with Crippen molar-refractivity contribution in [3.8, 4) is 5.75 Å². The molecule has 11 nitrogen and oxygen atoms in total. The summed E-state index contributed by atoms with van der Waals surface area (Å²) < 4.78 is 5.49. The fraction of sp³-hybridized carbons (Fsp3) is 0.130. The van der Waals surface area contributed by atoms with Gasteiger partial charge in [0.25, 0.3) is 23.2 Å². The standard InChI is InChI=1S/C23H20N4O7/c1-2-34-20-5-3-4-17(14-20)21(24-22(28)15-6-10-18(11-7-15)26(30)31)25-23(29)16-8-12-19(13-9-16)27(32)33/h3-14,21H,2H2,1H3,(H,24,28)(H,25,29). The Balaban J connectivity index is 1.86. The third-order valence-electron chi connectivity index (χ3n) is 4.73. The molecule has 11 heteroatoms. The molecular formula is C23H20N4O7. The highest BCUT2D eigenvalue weighted by atomic mass is 16.6. The van der Waals surface area contributed by atoms with Gasteiger partial charge in [0, 0.05) is 35.4 Å². The lowest BCUT2D eigenvalue weighted by Gasteiger charge is -2.21. The molecular weight excluding hydrogens is 444 g/mol. The van der Waals surface area contributed by atoms with Crippen LogP contribution in [-0.4, -0.2) is 28.3 Å². The van der Waals surface area contributed by atoms with Crippen molar-refractivity contribution in [2.75, 3.05) is 6.61 Å². The van der Waals surface area contributed by atoms with E-state index < -0.39 is 27.8 Å². The molecule has 0 spiro atoms. The van der Waals surface area contributed by atoms with Crippen molar-refractivity contribution < 1.29 is 24.2 Å². The van der Waals surface area contributed by atoms with Crippen LogP contribution in [0.1, 0.15) is 39.4 Å². The third-order valence-corrected chi connectivity index (χ3v) is 4.73. The fourth-order valence-electron chi connectivity index (χ4n) is 3.05. The van der Waals surface area contributed by atoms with Gasteiger partial charge in [0.15, 0.2) is 0 Å². The molecule has 0 aliphatic heterocycles. The molecule has 0 radical (unpaired) electrons. The number of hydrogen-bond donors (Lipinski definition) is 2. The number of rotatable bonds is 9. The molecule has 0 saturated carbocycles. The van der Waals surface area contributed by atoms with Crippen LogP contribution in [0.4, 0.5) is 11.4 Å². The molecule has 0 saturated heterocycles. The van der Waals surface area contributed by atoms with Gasteiger partial charge in [-0.05, 0) is 48.9 Å². The van der Waals surface area contributed by atoms with Gasteiger partial charge in [-0.3, -0.25) is 29.8 Å². The zero-order valence-corrected chi connectivity index (χ0v) is 18.0. The number of non-ortho nitro benzene ring substituents is 2. The normalized spacial score (nSPS) is 10.4. The monoisotopic (exact) mass is 464 g/mol. The van der Waals surface area contributed by atoms with Crippen LogP contribution in [0.3, 0.4) is 0 Å². The Morgan fingerprint density at radius 1 is 0.824 bits per heavy atom. The second-order valence-electron chi connectivity index (χ2n) is 6.99. The van der Waals surface area contributed by atoms with E-state index in [0.29, 0.717) is 17.9 Å². The number of carbonyl (C=O) groups excluding carboxylic acids is 2. The van der Waals surface area contributed by atoms with Crippen LogP contribution in [0.25, 0.3) is 0 Å². The predicted molar refractivity (Wildman–Crippen MR) is 121 cm³/mol. The van der Waals surface area contributed by atoms with E-state index in [1.807, 2.05) is 6.92 Å². The maximum atomic E-state index is 12.8. The molecule has 34 heavy (non-hydrogen) atoms. The summed E-state index contributed by atoms with van der Waals surface area (Å²) >= 11 is 0. The quantitative estimate of drug-likeness (QED) is 0.278. The Labute approximate surface area is 193 Å². The third kappa shape index (κ3) is 5.91. The number of amides is 2. The summed E-state index contributed by atoms with van der Waals surface area (Å²) in [6.07, 6.45) is -0.995. The number of benzene rings is 3. The molecule has 0 fully saturated rings. The minimum absolute atomic E-state index is 0.154. The van der Waals surface area contributed by atoms with Crippen molar-refractivity contribution in [2.45, 2.75) is 13.1 Å². The highest BCUT2D eigenvalue weighted by Gasteiger charge is 2.21. The number of nitrogens with zero attached hydrogens (tertiary/aromatic N) is 2. The van der Waals surface area contributed by atoms with Crippen molar-refractivity contribution in [1.29, 1.82) is 0 Å². The molecule has 3 aromatic carbocycles. The van der Waals surface area contributed by atoms with Crippen LogP contribution in [0.2, 0.25) is 0 Å². The van der Waals surface area contributed by atoms with Gasteiger partial charge in [-0.15, -0.1) is 0 Å². The SMILES string of the molecule is CCOc1cccc(C(NC(=O)c2ccc([N+](=O)[O-])cc2)NC(=O)c2ccc([N+](=O)[O-])cc2)c1. The maximum absolute atomic E-state index is 12.8. The van der Waals surface area contributed by atoms with Crippen molar-refractivity contribution in [3.05, 3.63) is 110 Å². The Morgan fingerprint density at radius 2 is 1.29 bits per heavy atom. The summed E-state index contributed by atoms with van der Waals surface area (Å²) in [5.41, 5.74) is 0.492. The maximum Gasteiger partial charge on any atom is 0.269 e. The van der Waals surface area contributed by atoms with Crippen molar-refractivity contribution in [2.24, 2.45) is 0 Å². The number of hydrogen-bond acceptors (Lipinski definition) is 7. The van der Waals surface area contributed by atoms with Crippen molar-refractivity contribution in [1.82, 2.24) is 10.6 Å². The minimum Gasteiger partial charge on any atom is -0.494 e. The van der Waals surface area contributed by atoms with E-state index in [9.17, 15) is 29.8 Å². The zero-order valence-electron chi connectivity index (χ0n) is 18.0. The van der Waals surface area contributed by atoms with Crippen LogP contribution in [0.5, 0.6) is 5.75 Å². The number of ether oxygens (including phenoxy) is 1. The van der Waals surface area contributed by atoms with E-state index in [2.05, 4.69) is 10.6 Å². The fourth-order valence-corrected chi connectivity index (χ4v) is 3.05. The lowest BCUT2D eigenvalue weighted by Crippen LogP contribution is -2.41. The van der Waals surface area contributed by atoms with Gasteiger partial charge in [0.1, 0.15) is 11.9 Å². The first-order valence-corrected chi connectivity index (χ1v) is 10.1. The highest BCUT2D eigenvalue weighted by molar-refractivity contribution is 5.97. The first-order chi connectivity index (χ1) is 16.3. The summed E-state index contributed by atoms with van der Waals surface area (Å²) in [5.74, 6) is -0.629. The Morgan fingerprint density at radius 3 is 1.71 bits per heavy atom. The Hall–Kier alpha value is -4.80. The van der Waals surface area contributed by atoms with E-state index in [1.165, 1.54) is 48.5 Å². The molecule has 3 aromatic rings. The molecule has 0 unspecified atom stereocenters. The van der Waals surface area contributed by atoms with E-state index in [1.54, 1.807) is 24.3 Å². The second kappa shape index (κ2) is 10.7. The van der Waals surface area contributed by atoms with Crippen LogP contribution >= 0.6 is 0 Å². The van der Waals surface area contributed by atoms with Gasteiger partial charge in [-0.1, -0.05) is 12.1 Å². The molecule has 0 aliphatic rings. The van der Waals surface area contributed by atoms with Crippen LogP contribution in [0, 0.1) is 20.2 Å². The molecule has 2 N–H and O–H groups in total. The second-order valence-corrected chi connectivity index (χ2v) is 6.99. The van der Waals surface area contributed by atoms with Gasteiger partial charge in [-0.25, -0.2) is 0 Å². The Bertz CT molecular complexity index is 1140. The molecule has 0 atom stereocenters. The molecule has 174 valence electrons. The summed E-state index contributed by atoms with van der Waals surface area (Å²) in [6, 6.07) is 16.8. The van der Waals surface area contributed by atoms with Crippen LogP contribution in [-0.2, 0) is 0 Å².